The van der Waals surface area contributed by atoms with Crippen molar-refractivity contribution in [3.8, 4) is 0 Å². The first-order chi connectivity index (χ1) is 9.49. The van der Waals surface area contributed by atoms with Gasteiger partial charge < -0.3 is 14.9 Å². The minimum Gasteiger partial charge on any atom is -0.480 e. The average Bonchev–Trinajstić information content (AvgIpc) is 2.46. The summed E-state index contributed by atoms with van der Waals surface area (Å²) >= 11 is 0. The standard InChI is InChI=1S/C15H33N3O2/c1-6-16(7-2)10-12-18(14(5)15(19)20)13-11-17(8-3)9-4/h14H,6-13H2,1-5H3,(H,19,20). The van der Waals surface area contributed by atoms with Crippen molar-refractivity contribution in [1.82, 2.24) is 14.7 Å². The van der Waals surface area contributed by atoms with Crippen molar-refractivity contribution < 1.29 is 9.90 Å². The summed E-state index contributed by atoms with van der Waals surface area (Å²) in [7, 11) is 0. The predicted molar refractivity (Wildman–Crippen MR) is 84.2 cm³/mol. The molecule has 0 aromatic heterocycles. The summed E-state index contributed by atoms with van der Waals surface area (Å²) in [6.07, 6.45) is 0. The van der Waals surface area contributed by atoms with Crippen LogP contribution in [-0.4, -0.2) is 84.2 Å². The molecule has 120 valence electrons. The van der Waals surface area contributed by atoms with Crippen LogP contribution in [0.2, 0.25) is 0 Å². The Morgan fingerprint density at radius 1 is 0.850 bits per heavy atom. The molecule has 0 aliphatic carbocycles. The topological polar surface area (TPSA) is 47.0 Å². The monoisotopic (exact) mass is 287 g/mol. The smallest absolute Gasteiger partial charge is 0.320 e. The first-order valence-corrected chi connectivity index (χ1v) is 7.91. The third kappa shape index (κ3) is 7.22. The third-order valence-corrected chi connectivity index (χ3v) is 4.10. The minimum atomic E-state index is -0.732. The summed E-state index contributed by atoms with van der Waals surface area (Å²) in [6, 6.07) is -0.416. The summed E-state index contributed by atoms with van der Waals surface area (Å²) in [5.41, 5.74) is 0. The van der Waals surface area contributed by atoms with Gasteiger partial charge in [0.2, 0.25) is 0 Å². The molecule has 1 unspecified atom stereocenters. The highest BCUT2D eigenvalue weighted by molar-refractivity contribution is 5.72. The van der Waals surface area contributed by atoms with Crippen LogP contribution in [0.4, 0.5) is 0 Å². The largest absolute Gasteiger partial charge is 0.480 e. The molecule has 0 fully saturated rings. The van der Waals surface area contributed by atoms with Crippen LogP contribution >= 0.6 is 0 Å². The Hall–Kier alpha value is -0.650. The lowest BCUT2D eigenvalue weighted by atomic mass is 10.2. The lowest BCUT2D eigenvalue weighted by molar-refractivity contribution is -0.142. The van der Waals surface area contributed by atoms with Crippen LogP contribution in [0.15, 0.2) is 0 Å². The number of rotatable bonds is 12. The maximum atomic E-state index is 11.2. The van der Waals surface area contributed by atoms with Crippen molar-refractivity contribution in [3.05, 3.63) is 0 Å². The van der Waals surface area contributed by atoms with Gasteiger partial charge in [0, 0.05) is 26.2 Å². The van der Waals surface area contributed by atoms with E-state index in [9.17, 15) is 9.90 Å². The fourth-order valence-electron chi connectivity index (χ4n) is 2.27. The fourth-order valence-corrected chi connectivity index (χ4v) is 2.27. The van der Waals surface area contributed by atoms with Gasteiger partial charge in [-0.3, -0.25) is 9.69 Å². The van der Waals surface area contributed by atoms with Crippen molar-refractivity contribution in [1.29, 1.82) is 0 Å². The normalized spacial score (nSPS) is 13.4. The number of aliphatic carboxylic acids is 1. The van der Waals surface area contributed by atoms with Crippen LogP contribution in [-0.2, 0) is 4.79 Å². The Morgan fingerprint density at radius 3 is 1.45 bits per heavy atom. The van der Waals surface area contributed by atoms with Gasteiger partial charge in [-0.1, -0.05) is 27.7 Å². The number of hydrogen-bond acceptors (Lipinski definition) is 4. The molecule has 5 nitrogen and oxygen atoms in total. The van der Waals surface area contributed by atoms with Crippen molar-refractivity contribution in [2.45, 2.75) is 40.7 Å². The second-order valence-electron chi connectivity index (χ2n) is 5.10. The molecule has 1 atom stereocenters. The molecule has 0 rings (SSSR count). The summed E-state index contributed by atoms with van der Waals surface area (Å²) in [5.74, 6) is -0.732. The van der Waals surface area contributed by atoms with E-state index >= 15 is 0 Å². The van der Waals surface area contributed by atoms with E-state index in [1.54, 1.807) is 6.92 Å². The maximum absolute atomic E-state index is 11.2. The second-order valence-corrected chi connectivity index (χ2v) is 5.10. The highest BCUT2D eigenvalue weighted by Crippen LogP contribution is 2.02. The number of carboxylic acid groups (broad SMARTS) is 1. The van der Waals surface area contributed by atoms with Crippen LogP contribution < -0.4 is 0 Å². The number of likely N-dealkylation sites (N-methyl/N-ethyl adjacent to an activating group) is 2. The number of hydrogen-bond donors (Lipinski definition) is 1. The van der Waals surface area contributed by atoms with Gasteiger partial charge in [-0.15, -0.1) is 0 Å². The molecule has 0 aromatic rings. The molecule has 20 heavy (non-hydrogen) atoms. The van der Waals surface area contributed by atoms with Crippen molar-refractivity contribution in [2.75, 3.05) is 52.4 Å². The molecule has 0 saturated heterocycles. The van der Waals surface area contributed by atoms with E-state index in [2.05, 4.69) is 42.4 Å². The van der Waals surface area contributed by atoms with Crippen LogP contribution in [0.3, 0.4) is 0 Å². The maximum Gasteiger partial charge on any atom is 0.320 e. The molecule has 5 heteroatoms. The van der Waals surface area contributed by atoms with Crippen LogP contribution in [0.5, 0.6) is 0 Å². The van der Waals surface area contributed by atoms with E-state index in [1.807, 2.05) is 0 Å². The lowest BCUT2D eigenvalue weighted by Gasteiger charge is -2.31. The molecule has 0 aliphatic rings. The molecule has 1 N–H and O–H groups in total. The first-order valence-electron chi connectivity index (χ1n) is 7.91. The number of nitrogens with zero attached hydrogens (tertiary/aromatic N) is 3. The summed E-state index contributed by atoms with van der Waals surface area (Å²) in [5, 5.41) is 9.24. The van der Waals surface area contributed by atoms with E-state index in [4.69, 9.17) is 0 Å². The number of carbonyl (C=O) groups is 1. The van der Waals surface area contributed by atoms with Gasteiger partial charge in [-0.25, -0.2) is 0 Å². The molecule has 0 heterocycles. The van der Waals surface area contributed by atoms with Gasteiger partial charge in [0.05, 0.1) is 0 Å². The predicted octanol–water partition coefficient (Wildman–Crippen LogP) is 1.45. The second kappa shape index (κ2) is 11.1. The Balaban J connectivity index is 4.45. The van der Waals surface area contributed by atoms with Crippen LogP contribution in [0.25, 0.3) is 0 Å². The van der Waals surface area contributed by atoms with E-state index in [1.165, 1.54) is 0 Å². The van der Waals surface area contributed by atoms with E-state index in [-0.39, 0.29) is 0 Å². The summed E-state index contributed by atoms with van der Waals surface area (Å²) < 4.78 is 0. The Kier molecular flexibility index (Phi) is 10.7. The summed E-state index contributed by atoms with van der Waals surface area (Å²) in [6.45, 7) is 17.9. The van der Waals surface area contributed by atoms with Crippen molar-refractivity contribution >= 4 is 5.97 Å². The van der Waals surface area contributed by atoms with Gasteiger partial charge >= 0.3 is 5.97 Å². The molecular formula is C15H33N3O2. The van der Waals surface area contributed by atoms with Crippen molar-refractivity contribution in [2.24, 2.45) is 0 Å². The number of carboxylic acids is 1. The first kappa shape index (κ1) is 19.4. The van der Waals surface area contributed by atoms with Gasteiger partial charge in [0.1, 0.15) is 6.04 Å². The Labute approximate surface area is 124 Å². The zero-order valence-corrected chi connectivity index (χ0v) is 13.9. The van der Waals surface area contributed by atoms with Gasteiger partial charge in [-0.2, -0.15) is 0 Å². The van der Waals surface area contributed by atoms with Gasteiger partial charge in [0.25, 0.3) is 0 Å². The molecule has 0 amide bonds. The SMILES string of the molecule is CCN(CC)CCN(CCN(CC)CC)C(C)C(=O)O. The highest BCUT2D eigenvalue weighted by Gasteiger charge is 2.21. The van der Waals surface area contributed by atoms with Crippen LogP contribution in [0, 0.1) is 0 Å². The minimum absolute atomic E-state index is 0.416. The molecular weight excluding hydrogens is 254 g/mol. The average molecular weight is 287 g/mol. The zero-order chi connectivity index (χ0) is 15.5. The molecule has 0 aromatic carbocycles. The third-order valence-electron chi connectivity index (χ3n) is 4.10. The van der Waals surface area contributed by atoms with E-state index < -0.39 is 12.0 Å². The van der Waals surface area contributed by atoms with Gasteiger partial charge in [-0.05, 0) is 33.1 Å². The van der Waals surface area contributed by atoms with Gasteiger partial charge in [0.15, 0.2) is 0 Å². The quantitative estimate of drug-likeness (QED) is 0.588. The highest BCUT2D eigenvalue weighted by atomic mass is 16.4. The Bertz CT molecular complexity index is 238. The molecule has 0 bridgehead atoms. The van der Waals surface area contributed by atoms with E-state index in [0.29, 0.717) is 0 Å². The fraction of sp³-hybridized carbons (Fsp3) is 0.933. The molecule has 0 spiro atoms. The zero-order valence-electron chi connectivity index (χ0n) is 13.9. The lowest BCUT2D eigenvalue weighted by Crippen LogP contribution is -2.46. The van der Waals surface area contributed by atoms with Crippen molar-refractivity contribution in [3.63, 3.8) is 0 Å². The van der Waals surface area contributed by atoms with E-state index in [0.717, 1.165) is 52.4 Å². The molecule has 0 radical (unpaired) electrons. The molecule has 0 saturated carbocycles. The Morgan fingerprint density at radius 2 is 1.20 bits per heavy atom. The molecule has 0 aliphatic heterocycles. The summed E-state index contributed by atoms with van der Waals surface area (Å²) in [4.78, 5) is 18.0. The van der Waals surface area contributed by atoms with Crippen LogP contribution in [0.1, 0.15) is 34.6 Å².